The summed E-state index contributed by atoms with van der Waals surface area (Å²) in [6.07, 6.45) is 0.742. The van der Waals surface area contributed by atoms with Gasteiger partial charge < -0.3 is 14.6 Å². The molecule has 0 bridgehead atoms. The highest BCUT2D eigenvalue weighted by atomic mass is 35.5. The van der Waals surface area contributed by atoms with Crippen molar-refractivity contribution in [2.24, 2.45) is 5.92 Å². The van der Waals surface area contributed by atoms with E-state index in [2.05, 4.69) is 18.8 Å². The van der Waals surface area contributed by atoms with Crippen LogP contribution < -0.4 is 0 Å². The lowest BCUT2D eigenvalue weighted by Crippen LogP contribution is -2.44. The number of hydrogen-bond acceptors (Lipinski definition) is 4. The molecule has 1 heterocycles. The quantitative estimate of drug-likeness (QED) is 0.478. The number of nitrogens with one attached hydrogen (secondary N) is 1. The second-order valence-electron chi connectivity index (χ2n) is 7.82. The lowest BCUT2D eigenvalue weighted by molar-refractivity contribution is 0.0592. The number of carbonyl (C=O) groups is 3. The van der Waals surface area contributed by atoms with Crippen LogP contribution in [-0.4, -0.2) is 47.2 Å². The summed E-state index contributed by atoms with van der Waals surface area (Å²) in [6.45, 7) is 9.68. The number of carbonyl (C=O) groups excluding carboxylic acids is 3. The monoisotopic (exact) mass is 432 g/mol. The average molecular weight is 433 g/mol. The molecule has 1 unspecified atom stereocenters. The Morgan fingerprint density at radius 1 is 1.13 bits per heavy atom. The molecule has 0 radical (unpaired) electrons. The molecule has 0 aliphatic carbocycles. The Balaban J connectivity index is 2.43. The number of nitrogens with zero attached hydrogens (tertiary/aromatic N) is 1. The van der Waals surface area contributed by atoms with Crippen LogP contribution in [0.15, 0.2) is 24.3 Å². The van der Waals surface area contributed by atoms with Crippen molar-refractivity contribution in [2.45, 2.75) is 47.1 Å². The van der Waals surface area contributed by atoms with Crippen molar-refractivity contribution < 1.29 is 19.1 Å². The number of ether oxygens (including phenoxy) is 1. The van der Waals surface area contributed by atoms with Crippen LogP contribution in [0.3, 0.4) is 0 Å². The standard InChI is InChI=1S/C23H29ClN2O4/c1-13(2)11-12-26(22(28)17-9-7-8-10-18(17)24)16(5)21(27)19-14(3)20(23(29)30-6)25-15(19)4/h7-10,13,16,25H,11-12H2,1-6H3. The molecule has 6 nitrogen and oxygen atoms in total. The van der Waals surface area contributed by atoms with Crippen molar-refractivity contribution in [3.05, 3.63) is 57.4 Å². The van der Waals surface area contributed by atoms with Crippen LogP contribution in [0.2, 0.25) is 5.02 Å². The zero-order valence-corrected chi connectivity index (χ0v) is 19.1. The molecule has 1 amide bonds. The summed E-state index contributed by atoms with van der Waals surface area (Å²) in [5.41, 5.74) is 2.10. The van der Waals surface area contributed by atoms with E-state index in [9.17, 15) is 14.4 Å². The SMILES string of the molecule is COC(=O)c1[nH]c(C)c(C(=O)C(C)N(CCC(C)C)C(=O)c2ccccc2Cl)c1C. The minimum absolute atomic E-state index is 0.236. The topological polar surface area (TPSA) is 79.5 Å². The van der Waals surface area contributed by atoms with E-state index in [1.54, 1.807) is 49.9 Å². The van der Waals surface area contributed by atoms with Crippen molar-refractivity contribution >= 4 is 29.3 Å². The molecule has 0 aliphatic heterocycles. The van der Waals surface area contributed by atoms with Crippen molar-refractivity contribution in [2.75, 3.05) is 13.7 Å². The van der Waals surface area contributed by atoms with Crippen LogP contribution in [0.1, 0.15) is 69.7 Å². The van der Waals surface area contributed by atoms with Crippen LogP contribution in [0.5, 0.6) is 0 Å². The molecule has 0 saturated heterocycles. The van der Waals surface area contributed by atoms with Crippen molar-refractivity contribution in [3.8, 4) is 0 Å². The third kappa shape index (κ3) is 4.93. The molecule has 0 fully saturated rings. The van der Waals surface area contributed by atoms with Crippen molar-refractivity contribution in [1.82, 2.24) is 9.88 Å². The first kappa shape index (κ1) is 23.7. The van der Waals surface area contributed by atoms with E-state index in [1.807, 2.05) is 0 Å². The van der Waals surface area contributed by atoms with Gasteiger partial charge >= 0.3 is 5.97 Å². The van der Waals surface area contributed by atoms with Gasteiger partial charge in [0.15, 0.2) is 5.78 Å². The number of hydrogen-bond donors (Lipinski definition) is 1. The number of aromatic nitrogens is 1. The molecule has 2 aromatic rings. The van der Waals surface area contributed by atoms with Crippen molar-refractivity contribution in [1.29, 1.82) is 0 Å². The Labute approximate surface area is 182 Å². The van der Waals surface area contributed by atoms with Crippen LogP contribution in [0.25, 0.3) is 0 Å². The maximum absolute atomic E-state index is 13.4. The predicted octanol–water partition coefficient (Wildman–Crippen LogP) is 4.83. The van der Waals surface area contributed by atoms with Gasteiger partial charge in [-0.25, -0.2) is 4.79 Å². The highest BCUT2D eigenvalue weighted by molar-refractivity contribution is 6.33. The highest BCUT2D eigenvalue weighted by Crippen LogP contribution is 2.24. The first-order valence-corrected chi connectivity index (χ1v) is 10.3. The van der Waals surface area contributed by atoms with E-state index in [4.69, 9.17) is 16.3 Å². The number of rotatable bonds is 8. The van der Waals surface area contributed by atoms with E-state index in [0.717, 1.165) is 6.42 Å². The molecular formula is C23H29ClN2O4. The Morgan fingerprint density at radius 3 is 2.33 bits per heavy atom. The molecule has 1 N–H and O–H groups in total. The summed E-state index contributed by atoms with van der Waals surface area (Å²) in [4.78, 5) is 43.2. The lowest BCUT2D eigenvalue weighted by Gasteiger charge is -2.29. The molecular weight excluding hydrogens is 404 g/mol. The highest BCUT2D eigenvalue weighted by Gasteiger charge is 2.32. The zero-order chi connectivity index (χ0) is 22.6. The number of methoxy groups -OCH3 is 1. The fraction of sp³-hybridized carbons (Fsp3) is 0.435. The van der Waals surface area contributed by atoms with Crippen LogP contribution in [0, 0.1) is 19.8 Å². The third-order valence-corrected chi connectivity index (χ3v) is 5.56. The average Bonchev–Trinajstić information content (AvgIpc) is 3.00. The predicted molar refractivity (Wildman–Crippen MR) is 117 cm³/mol. The van der Waals surface area contributed by atoms with Gasteiger partial charge in [0, 0.05) is 17.8 Å². The van der Waals surface area contributed by atoms with Gasteiger partial charge in [-0.15, -0.1) is 0 Å². The molecule has 1 aromatic carbocycles. The summed E-state index contributed by atoms with van der Waals surface area (Å²) in [5, 5.41) is 0.346. The minimum Gasteiger partial charge on any atom is -0.464 e. The molecule has 162 valence electrons. The summed E-state index contributed by atoms with van der Waals surface area (Å²) >= 11 is 6.24. The Bertz CT molecular complexity index is 949. The maximum atomic E-state index is 13.4. The molecule has 1 atom stereocenters. The van der Waals surface area contributed by atoms with Gasteiger partial charge in [-0.3, -0.25) is 9.59 Å². The van der Waals surface area contributed by atoms with E-state index in [0.29, 0.717) is 39.9 Å². The van der Waals surface area contributed by atoms with E-state index in [-0.39, 0.29) is 17.4 Å². The second kappa shape index (κ2) is 9.94. The largest absolute Gasteiger partial charge is 0.464 e. The molecule has 0 aliphatic rings. The number of esters is 1. The number of aryl methyl sites for hydroxylation is 1. The summed E-state index contributed by atoms with van der Waals surface area (Å²) < 4.78 is 4.79. The lowest BCUT2D eigenvalue weighted by atomic mass is 9.98. The molecule has 0 spiro atoms. The number of benzene rings is 1. The fourth-order valence-corrected chi connectivity index (χ4v) is 3.65. The van der Waals surface area contributed by atoms with Gasteiger partial charge in [0.2, 0.25) is 0 Å². The first-order chi connectivity index (χ1) is 14.1. The summed E-state index contributed by atoms with van der Waals surface area (Å²) in [7, 11) is 1.29. The summed E-state index contributed by atoms with van der Waals surface area (Å²) in [6, 6.07) is 6.09. The zero-order valence-electron chi connectivity index (χ0n) is 18.3. The van der Waals surface area contributed by atoms with Gasteiger partial charge in [-0.05, 0) is 50.8 Å². The Kier molecular flexibility index (Phi) is 7.84. The van der Waals surface area contributed by atoms with Crippen LogP contribution in [0.4, 0.5) is 0 Å². The maximum Gasteiger partial charge on any atom is 0.354 e. The number of halogens is 1. The minimum atomic E-state index is -0.730. The van der Waals surface area contributed by atoms with E-state index >= 15 is 0 Å². The fourth-order valence-electron chi connectivity index (χ4n) is 3.43. The van der Waals surface area contributed by atoms with E-state index < -0.39 is 12.0 Å². The molecule has 0 saturated carbocycles. The number of ketones is 1. The number of Topliss-reactive ketones (excluding diaryl/α,β-unsaturated/α-hetero) is 1. The number of H-pyrrole nitrogens is 1. The second-order valence-corrected chi connectivity index (χ2v) is 8.22. The van der Waals surface area contributed by atoms with Crippen LogP contribution >= 0.6 is 11.6 Å². The molecule has 30 heavy (non-hydrogen) atoms. The summed E-state index contributed by atoms with van der Waals surface area (Å²) in [5.74, 6) is -0.705. The Hall–Kier alpha value is -2.60. The van der Waals surface area contributed by atoms with Gasteiger partial charge in [-0.2, -0.15) is 0 Å². The molecule has 7 heteroatoms. The Morgan fingerprint density at radius 2 is 1.77 bits per heavy atom. The normalized spacial score (nSPS) is 12.0. The van der Waals surface area contributed by atoms with Gasteiger partial charge in [0.05, 0.1) is 23.7 Å². The van der Waals surface area contributed by atoms with Gasteiger partial charge in [0.25, 0.3) is 5.91 Å². The first-order valence-electron chi connectivity index (χ1n) is 9.97. The molecule has 1 aromatic heterocycles. The molecule has 2 rings (SSSR count). The van der Waals surface area contributed by atoms with Gasteiger partial charge in [0.1, 0.15) is 5.69 Å². The van der Waals surface area contributed by atoms with Crippen molar-refractivity contribution in [3.63, 3.8) is 0 Å². The van der Waals surface area contributed by atoms with Gasteiger partial charge in [-0.1, -0.05) is 37.6 Å². The van der Waals surface area contributed by atoms with Crippen LogP contribution in [-0.2, 0) is 4.74 Å². The number of amides is 1. The third-order valence-electron chi connectivity index (χ3n) is 5.23. The number of aromatic amines is 1. The van der Waals surface area contributed by atoms with E-state index in [1.165, 1.54) is 7.11 Å². The smallest absolute Gasteiger partial charge is 0.354 e.